The molecule has 0 radical (unpaired) electrons. The monoisotopic (exact) mass is 379 g/mol. The number of nitrogens with one attached hydrogen (secondary N) is 1. The maximum atomic E-state index is 12.4. The molecule has 0 amide bonds. The first kappa shape index (κ1) is 18.5. The lowest BCUT2D eigenvalue weighted by Crippen LogP contribution is -2.10. The highest BCUT2D eigenvalue weighted by atomic mass is 32.2. The molecular weight excluding hydrogens is 362 g/mol. The number of carbonyl (C=O) groups is 1. The van der Waals surface area contributed by atoms with E-state index in [-0.39, 0.29) is 17.2 Å². The van der Waals surface area contributed by atoms with Crippen LogP contribution >= 0.6 is 11.8 Å². The molecule has 0 aliphatic rings. The number of thioether (sulfide) groups is 1. The molecule has 6 nitrogen and oxygen atoms in total. The van der Waals surface area contributed by atoms with Crippen LogP contribution in [-0.4, -0.2) is 33.4 Å². The lowest BCUT2D eigenvalue weighted by molar-refractivity contribution is 0.0498. The second-order valence-electron chi connectivity index (χ2n) is 5.54. The molecule has 0 saturated heterocycles. The van der Waals surface area contributed by atoms with Crippen molar-refractivity contribution in [3.8, 4) is 6.07 Å². The van der Waals surface area contributed by atoms with Crippen molar-refractivity contribution >= 4 is 34.3 Å². The molecule has 7 heteroatoms. The van der Waals surface area contributed by atoms with E-state index in [0.717, 1.165) is 16.2 Å². The highest BCUT2D eigenvalue weighted by Gasteiger charge is 2.17. The van der Waals surface area contributed by atoms with Crippen molar-refractivity contribution in [1.29, 1.82) is 5.26 Å². The summed E-state index contributed by atoms with van der Waals surface area (Å²) >= 11 is 1.53. The molecule has 27 heavy (non-hydrogen) atoms. The lowest BCUT2D eigenvalue weighted by atomic mass is 10.2. The van der Waals surface area contributed by atoms with E-state index in [1.54, 1.807) is 18.2 Å². The van der Waals surface area contributed by atoms with Gasteiger partial charge in [-0.2, -0.15) is 5.26 Å². The highest BCUT2D eigenvalue weighted by Crippen LogP contribution is 2.23. The van der Waals surface area contributed by atoms with Gasteiger partial charge in [0, 0.05) is 4.90 Å². The SMILES string of the molecule is CCSc1ccccc1C(=O)OC/C(O)=C(\C#N)c1nc2ccccc2[nH]1. The number of hydrogen-bond acceptors (Lipinski definition) is 6. The standard InChI is InChI=1S/C20H17N3O3S/c1-2-27-18-10-6-3-7-13(18)20(25)26-12-17(24)14(11-21)19-22-15-8-4-5-9-16(15)23-19/h3-10,24H,2,12H2,1H3,(H,22,23)/b17-14-. The predicted molar refractivity (Wildman–Crippen MR) is 104 cm³/mol. The van der Waals surface area contributed by atoms with Crippen LogP contribution in [0, 0.1) is 11.3 Å². The predicted octanol–water partition coefficient (Wildman–Crippen LogP) is 4.32. The Morgan fingerprint density at radius 3 is 2.74 bits per heavy atom. The third-order valence-electron chi connectivity index (χ3n) is 3.77. The molecule has 0 bridgehead atoms. The molecule has 0 atom stereocenters. The number of nitrogens with zero attached hydrogens (tertiary/aromatic N) is 2. The number of esters is 1. The summed E-state index contributed by atoms with van der Waals surface area (Å²) in [5.41, 5.74) is 1.79. The van der Waals surface area contributed by atoms with Crippen LogP contribution in [-0.2, 0) is 4.74 Å². The zero-order valence-corrected chi connectivity index (χ0v) is 15.4. The molecule has 0 unspecified atom stereocenters. The minimum atomic E-state index is -0.556. The molecule has 1 heterocycles. The van der Waals surface area contributed by atoms with Gasteiger partial charge in [0.05, 0.1) is 16.6 Å². The van der Waals surface area contributed by atoms with Gasteiger partial charge in [0.25, 0.3) is 0 Å². The van der Waals surface area contributed by atoms with Crippen LogP contribution in [0.1, 0.15) is 23.1 Å². The minimum absolute atomic E-state index is 0.0600. The Morgan fingerprint density at radius 1 is 1.26 bits per heavy atom. The first-order valence-electron chi connectivity index (χ1n) is 8.30. The molecule has 0 spiro atoms. The Balaban J connectivity index is 1.79. The summed E-state index contributed by atoms with van der Waals surface area (Å²) in [6.45, 7) is 1.58. The number of rotatable bonds is 6. The number of hydrogen-bond donors (Lipinski definition) is 2. The average molecular weight is 379 g/mol. The fourth-order valence-electron chi connectivity index (χ4n) is 2.53. The largest absolute Gasteiger partial charge is 0.507 e. The van der Waals surface area contributed by atoms with Gasteiger partial charge in [0.2, 0.25) is 0 Å². The second kappa shape index (κ2) is 8.43. The lowest BCUT2D eigenvalue weighted by Gasteiger charge is -2.09. The van der Waals surface area contributed by atoms with E-state index < -0.39 is 12.6 Å². The number of imidazole rings is 1. The van der Waals surface area contributed by atoms with E-state index in [1.165, 1.54) is 11.8 Å². The van der Waals surface area contributed by atoms with Crippen molar-refractivity contribution in [2.45, 2.75) is 11.8 Å². The third kappa shape index (κ3) is 4.13. The number of H-pyrrole nitrogens is 1. The second-order valence-corrected chi connectivity index (χ2v) is 6.85. The van der Waals surface area contributed by atoms with Gasteiger partial charge in [-0.25, -0.2) is 9.78 Å². The number of para-hydroxylation sites is 2. The first-order chi connectivity index (χ1) is 13.1. The van der Waals surface area contributed by atoms with Crippen LogP contribution in [0.2, 0.25) is 0 Å². The Morgan fingerprint density at radius 2 is 2.00 bits per heavy atom. The van der Waals surface area contributed by atoms with Crippen LogP contribution in [0.4, 0.5) is 0 Å². The molecule has 0 saturated carbocycles. The number of aromatic nitrogens is 2. The molecule has 1 aromatic heterocycles. The Bertz CT molecular complexity index is 1020. The van der Waals surface area contributed by atoms with Gasteiger partial charge in [-0.3, -0.25) is 0 Å². The number of allylic oxidation sites excluding steroid dienone is 1. The third-order valence-corrected chi connectivity index (χ3v) is 4.73. The Kier molecular flexibility index (Phi) is 5.79. The summed E-state index contributed by atoms with van der Waals surface area (Å²) in [6.07, 6.45) is 0. The van der Waals surface area contributed by atoms with E-state index >= 15 is 0 Å². The number of aromatic amines is 1. The zero-order chi connectivity index (χ0) is 19.2. The van der Waals surface area contributed by atoms with E-state index in [1.807, 2.05) is 43.3 Å². The molecular formula is C20H17N3O3S. The normalized spacial score (nSPS) is 11.7. The maximum absolute atomic E-state index is 12.4. The van der Waals surface area contributed by atoms with E-state index in [4.69, 9.17) is 4.74 Å². The average Bonchev–Trinajstić information content (AvgIpc) is 3.11. The molecule has 0 fully saturated rings. The zero-order valence-electron chi connectivity index (χ0n) is 14.6. The van der Waals surface area contributed by atoms with Crippen molar-refractivity contribution in [2.24, 2.45) is 0 Å². The quantitative estimate of drug-likeness (QED) is 0.286. The molecule has 3 aromatic rings. The smallest absolute Gasteiger partial charge is 0.339 e. The van der Waals surface area contributed by atoms with Crippen molar-refractivity contribution in [3.05, 3.63) is 65.7 Å². The molecule has 2 aromatic carbocycles. The summed E-state index contributed by atoms with van der Waals surface area (Å²) in [6, 6.07) is 16.3. The molecule has 3 rings (SSSR count). The number of aliphatic hydroxyl groups is 1. The van der Waals surface area contributed by atoms with Gasteiger partial charge >= 0.3 is 5.97 Å². The molecule has 0 aliphatic heterocycles. The van der Waals surface area contributed by atoms with Gasteiger partial charge in [-0.15, -0.1) is 11.8 Å². The summed E-state index contributed by atoms with van der Waals surface area (Å²) in [7, 11) is 0. The van der Waals surface area contributed by atoms with Gasteiger partial charge in [0.15, 0.2) is 11.6 Å². The van der Waals surface area contributed by atoms with Crippen LogP contribution in [0.3, 0.4) is 0 Å². The van der Waals surface area contributed by atoms with E-state index in [2.05, 4.69) is 9.97 Å². The van der Waals surface area contributed by atoms with Crippen molar-refractivity contribution in [1.82, 2.24) is 9.97 Å². The number of nitriles is 1. The molecule has 136 valence electrons. The topological polar surface area (TPSA) is 99.0 Å². The van der Waals surface area contributed by atoms with Crippen molar-refractivity contribution in [2.75, 3.05) is 12.4 Å². The van der Waals surface area contributed by atoms with Gasteiger partial charge in [-0.1, -0.05) is 31.2 Å². The summed E-state index contributed by atoms with van der Waals surface area (Å²) in [5.74, 6) is 0.139. The van der Waals surface area contributed by atoms with E-state index in [9.17, 15) is 15.2 Å². The van der Waals surface area contributed by atoms with Crippen molar-refractivity contribution in [3.63, 3.8) is 0 Å². The first-order valence-corrected chi connectivity index (χ1v) is 9.29. The van der Waals surface area contributed by atoms with Gasteiger partial charge in [-0.05, 0) is 30.0 Å². The minimum Gasteiger partial charge on any atom is -0.507 e. The summed E-state index contributed by atoms with van der Waals surface area (Å²) < 4.78 is 5.20. The number of ether oxygens (including phenoxy) is 1. The number of aliphatic hydroxyl groups excluding tert-OH is 1. The highest BCUT2D eigenvalue weighted by molar-refractivity contribution is 7.99. The number of fused-ring (bicyclic) bond motifs is 1. The van der Waals surface area contributed by atoms with Gasteiger partial charge in [0.1, 0.15) is 18.2 Å². The fourth-order valence-corrected chi connectivity index (χ4v) is 3.32. The molecule has 2 N–H and O–H groups in total. The maximum Gasteiger partial charge on any atom is 0.339 e. The van der Waals surface area contributed by atoms with Crippen LogP contribution in [0.5, 0.6) is 0 Å². The van der Waals surface area contributed by atoms with Gasteiger partial charge < -0.3 is 14.8 Å². The van der Waals surface area contributed by atoms with Crippen LogP contribution < -0.4 is 0 Å². The van der Waals surface area contributed by atoms with E-state index in [0.29, 0.717) is 11.1 Å². The summed E-state index contributed by atoms with van der Waals surface area (Å²) in [4.78, 5) is 20.4. The Hall–Kier alpha value is -3.24. The van der Waals surface area contributed by atoms with Crippen LogP contribution in [0.25, 0.3) is 16.6 Å². The van der Waals surface area contributed by atoms with Crippen LogP contribution in [0.15, 0.2) is 59.2 Å². The Labute approximate surface area is 160 Å². The van der Waals surface area contributed by atoms with Crippen molar-refractivity contribution < 1.29 is 14.6 Å². The fraction of sp³-hybridized carbons (Fsp3) is 0.150. The molecule has 0 aliphatic carbocycles. The number of carbonyl (C=O) groups excluding carboxylic acids is 1. The number of benzene rings is 2. The summed E-state index contributed by atoms with van der Waals surface area (Å²) in [5, 5.41) is 19.7.